The molecule has 1 atom stereocenters. The second-order valence-corrected chi connectivity index (χ2v) is 7.56. The summed E-state index contributed by atoms with van der Waals surface area (Å²) in [6, 6.07) is 13.1. The van der Waals surface area contributed by atoms with Crippen molar-refractivity contribution in [3.63, 3.8) is 0 Å². The van der Waals surface area contributed by atoms with E-state index in [0.29, 0.717) is 5.92 Å². The second-order valence-electron chi connectivity index (χ2n) is 7.56. The first-order valence-corrected chi connectivity index (χ1v) is 9.93. The third kappa shape index (κ3) is 3.42. The van der Waals surface area contributed by atoms with Crippen LogP contribution in [0, 0.1) is 0 Å². The summed E-state index contributed by atoms with van der Waals surface area (Å²) in [6.45, 7) is 7.15. The van der Waals surface area contributed by atoms with Gasteiger partial charge < -0.3 is 14.8 Å². The molecule has 0 saturated carbocycles. The number of hydrogen-bond acceptors (Lipinski definition) is 4. The Morgan fingerprint density at radius 2 is 2.04 bits per heavy atom. The van der Waals surface area contributed by atoms with E-state index in [1.807, 2.05) is 6.20 Å². The first kappa shape index (κ1) is 16.7. The molecule has 2 aromatic heterocycles. The van der Waals surface area contributed by atoms with Crippen LogP contribution in [-0.4, -0.2) is 50.4 Å². The molecule has 0 bridgehead atoms. The van der Waals surface area contributed by atoms with Crippen LogP contribution in [0.15, 0.2) is 48.8 Å². The molecule has 1 fully saturated rings. The van der Waals surface area contributed by atoms with E-state index in [1.165, 1.54) is 24.2 Å². The average molecular weight is 362 g/mol. The van der Waals surface area contributed by atoms with E-state index >= 15 is 0 Å². The van der Waals surface area contributed by atoms with Gasteiger partial charge in [0.15, 0.2) is 5.82 Å². The molecule has 4 heterocycles. The van der Waals surface area contributed by atoms with Gasteiger partial charge in [0.1, 0.15) is 5.69 Å². The predicted octanol–water partition coefficient (Wildman–Crippen LogP) is 2.34. The van der Waals surface area contributed by atoms with E-state index in [4.69, 9.17) is 5.10 Å². The van der Waals surface area contributed by atoms with Gasteiger partial charge in [-0.15, -0.1) is 0 Å². The van der Waals surface area contributed by atoms with Gasteiger partial charge in [0.2, 0.25) is 0 Å². The third-order valence-corrected chi connectivity index (χ3v) is 5.81. The number of imidazole rings is 1. The van der Waals surface area contributed by atoms with Gasteiger partial charge in [0, 0.05) is 45.1 Å². The summed E-state index contributed by atoms with van der Waals surface area (Å²) in [5, 5.41) is 8.16. The van der Waals surface area contributed by atoms with E-state index in [9.17, 15) is 0 Å². The molecule has 1 aromatic carbocycles. The number of fused-ring (bicyclic) bond motifs is 1. The number of rotatable bonds is 5. The zero-order chi connectivity index (χ0) is 18.1. The fraction of sp³-hybridized carbons (Fsp3) is 0.429. The SMILES string of the molecule is c1ccc([C@@H]2CCN(CCn3ccnc3-c3cc4n(n3)CCNC4)C2)cc1. The molecule has 0 unspecified atom stereocenters. The van der Waals surface area contributed by atoms with Crippen LogP contribution in [0.4, 0.5) is 0 Å². The third-order valence-electron chi connectivity index (χ3n) is 5.81. The molecule has 1 N–H and O–H groups in total. The first-order chi connectivity index (χ1) is 13.4. The van der Waals surface area contributed by atoms with Gasteiger partial charge in [-0.25, -0.2) is 4.98 Å². The fourth-order valence-corrected chi connectivity index (χ4v) is 4.31. The van der Waals surface area contributed by atoms with Crippen molar-refractivity contribution < 1.29 is 0 Å². The minimum absolute atomic E-state index is 0.667. The quantitative estimate of drug-likeness (QED) is 0.757. The number of nitrogens with zero attached hydrogens (tertiary/aromatic N) is 5. The molecule has 0 aliphatic carbocycles. The maximum atomic E-state index is 4.77. The number of likely N-dealkylation sites (tertiary alicyclic amines) is 1. The number of hydrogen-bond donors (Lipinski definition) is 1. The van der Waals surface area contributed by atoms with Gasteiger partial charge in [0.05, 0.1) is 12.2 Å². The lowest BCUT2D eigenvalue weighted by Crippen LogP contribution is -2.28. The Kier molecular flexibility index (Phi) is 4.51. The fourth-order valence-electron chi connectivity index (χ4n) is 4.31. The van der Waals surface area contributed by atoms with Crippen molar-refractivity contribution in [1.82, 2.24) is 29.5 Å². The zero-order valence-electron chi connectivity index (χ0n) is 15.6. The molecule has 140 valence electrons. The van der Waals surface area contributed by atoms with Crippen LogP contribution < -0.4 is 5.32 Å². The maximum absolute atomic E-state index is 4.77. The summed E-state index contributed by atoms with van der Waals surface area (Å²) in [7, 11) is 0. The molecule has 5 rings (SSSR count). The van der Waals surface area contributed by atoms with Gasteiger partial charge in [-0.05, 0) is 30.5 Å². The molecule has 6 nitrogen and oxygen atoms in total. The Morgan fingerprint density at radius 3 is 2.93 bits per heavy atom. The van der Waals surface area contributed by atoms with Crippen LogP contribution in [0.2, 0.25) is 0 Å². The minimum Gasteiger partial charge on any atom is -0.328 e. The van der Waals surface area contributed by atoms with Crippen LogP contribution >= 0.6 is 0 Å². The van der Waals surface area contributed by atoms with Crippen molar-refractivity contribution in [1.29, 1.82) is 0 Å². The standard InChI is InChI=1S/C21H26N6/c1-2-4-17(5-3-1)18-6-9-25(16-18)12-13-26-10-8-23-21(26)20-14-19-15-22-7-11-27(19)24-20/h1-5,8,10,14,18,22H,6-7,9,11-13,15-16H2/t18-/m1/s1. The molecule has 1 saturated heterocycles. The molecule has 6 heteroatoms. The van der Waals surface area contributed by atoms with Crippen molar-refractivity contribution in [2.24, 2.45) is 0 Å². The lowest BCUT2D eigenvalue weighted by molar-refractivity contribution is 0.319. The van der Waals surface area contributed by atoms with Gasteiger partial charge in [-0.2, -0.15) is 5.10 Å². The lowest BCUT2D eigenvalue weighted by atomic mass is 9.99. The van der Waals surface area contributed by atoms with Crippen molar-refractivity contribution in [3.8, 4) is 11.5 Å². The summed E-state index contributed by atoms with van der Waals surface area (Å²) >= 11 is 0. The van der Waals surface area contributed by atoms with Crippen LogP contribution in [0.5, 0.6) is 0 Å². The minimum atomic E-state index is 0.667. The monoisotopic (exact) mass is 362 g/mol. The molecule has 3 aromatic rings. The summed E-state index contributed by atoms with van der Waals surface area (Å²) in [5.74, 6) is 1.65. The zero-order valence-corrected chi connectivity index (χ0v) is 15.6. The van der Waals surface area contributed by atoms with Gasteiger partial charge in [-0.3, -0.25) is 4.68 Å². The highest BCUT2D eigenvalue weighted by Gasteiger charge is 2.23. The van der Waals surface area contributed by atoms with Crippen molar-refractivity contribution >= 4 is 0 Å². The Labute approximate surface area is 159 Å². The van der Waals surface area contributed by atoms with Crippen LogP contribution in [0.1, 0.15) is 23.6 Å². The second kappa shape index (κ2) is 7.29. The Morgan fingerprint density at radius 1 is 1.11 bits per heavy atom. The van der Waals surface area contributed by atoms with Crippen molar-refractivity contribution in [2.75, 3.05) is 26.2 Å². The number of aromatic nitrogens is 4. The van der Waals surface area contributed by atoms with Gasteiger partial charge in [-0.1, -0.05) is 30.3 Å². The Bertz CT molecular complexity index is 873. The molecule has 2 aliphatic heterocycles. The summed E-state index contributed by atoms with van der Waals surface area (Å²) in [5.41, 5.74) is 3.71. The highest BCUT2D eigenvalue weighted by atomic mass is 15.3. The van der Waals surface area contributed by atoms with Gasteiger partial charge >= 0.3 is 0 Å². The number of nitrogens with one attached hydrogen (secondary N) is 1. The topological polar surface area (TPSA) is 50.9 Å². The smallest absolute Gasteiger partial charge is 0.160 e. The molecule has 2 aliphatic rings. The maximum Gasteiger partial charge on any atom is 0.160 e. The lowest BCUT2D eigenvalue weighted by Gasteiger charge is -2.17. The van der Waals surface area contributed by atoms with E-state index in [0.717, 1.165) is 50.8 Å². The largest absolute Gasteiger partial charge is 0.328 e. The summed E-state index contributed by atoms with van der Waals surface area (Å²) < 4.78 is 4.35. The molecular weight excluding hydrogens is 336 g/mol. The van der Waals surface area contributed by atoms with Crippen LogP contribution in [-0.2, 0) is 19.6 Å². The van der Waals surface area contributed by atoms with Crippen LogP contribution in [0.25, 0.3) is 11.5 Å². The van der Waals surface area contributed by atoms with Crippen LogP contribution in [0.3, 0.4) is 0 Å². The Hall–Kier alpha value is -2.44. The molecule has 0 radical (unpaired) electrons. The Balaban J connectivity index is 1.24. The molecular formula is C21H26N6. The number of benzene rings is 1. The normalized spacial score (nSPS) is 20.1. The highest BCUT2D eigenvalue weighted by molar-refractivity contribution is 5.50. The van der Waals surface area contributed by atoms with Crippen molar-refractivity contribution in [2.45, 2.75) is 32.0 Å². The predicted molar refractivity (Wildman–Crippen MR) is 105 cm³/mol. The van der Waals surface area contributed by atoms with Crippen molar-refractivity contribution in [3.05, 3.63) is 60.0 Å². The van der Waals surface area contributed by atoms with E-state index in [2.05, 4.69) is 67.0 Å². The highest BCUT2D eigenvalue weighted by Crippen LogP contribution is 2.27. The summed E-state index contributed by atoms with van der Waals surface area (Å²) in [4.78, 5) is 7.16. The molecule has 0 spiro atoms. The average Bonchev–Trinajstić information content (AvgIpc) is 3.45. The first-order valence-electron chi connectivity index (χ1n) is 9.93. The van der Waals surface area contributed by atoms with E-state index < -0.39 is 0 Å². The summed E-state index contributed by atoms with van der Waals surface area (Å²) in [6.07, 6.45) is 5.22. The molecule has 27 heavy (non-hydrogen) atoms. The molecule has 0 amide bonds. The van der Waals surface area contributed by atoms with Gasteiger partial charge in [0.25, 0.3) is 0 Å². The van der Waals surface area contributed by atoms with E-state index in [1.54, 1.807) is 0 Å². The van der Waals surface area contributed by atoms with E-state index in [-0.39, 0.29) is 0 Å².